The summed E-state index contributed by atoms with van der Waals surface area (Å²) in [5.41, 5.74) is 0. The van der Waals surface area contributed by atoms with E-state index in [1.165, 1.54) is 6.33 Å². The summed E-state index contributed by atoms with van der Waals surface area (Å²) in [6.07, 6.45) is 2.13. The van der Waals surface area contributed by atoms with Gasteiger partial charge in [0.1, 0.15) is 22.4 Å². The Labute approximate surface area is 121 Å². The topological polar surface area (TPSA) is 75.2 Å². The van der Waals surface area contributed by atoms with Gasteiger partial charge in [-0.2, -0.15) is 0 Å². The molecule has 1 fully saturated rings. The molecule has 0 amide bonds. The van der Waals surface area contributed by atoms with Crippen LogP contribution in [-0.4, -0.2) is 49.5 Å². The lowest BCUT2D eigenvalue weighted by molar-refractivity contribution is 0.600. The molecule has 1 aliphatic rings. The van der Waals surface area contributed by atoms with Crippen molar-refractivity contribution < 1.29 is 8.42 Å². The fourth-order valence-corrected chi connectivity index (χ4v) is 4.55. The summed E-state index contributed by atoms with van der Waals surface area (Å²) in [5.74, 6) is 1.88. The zero-order chi connectivity index (χ0) is 14.0. The van der Waals surface area contributed by atoms with E-state index in [4.69, 9.17) is 0 Å². The van der Waals surface area contributed by atoms with Crippen molar-refractivity contribution in [1.82, 2.24) is 9.97 Å². The van der Waals surface area contributed by atoms with Crippen LogP contribution in [0.3, 0.4) is 0 Å². The minimum absolute atomic E-state index is 0.0225. The van der Waals surface area contributed by atoms with Gasteiger partial charge in [-0.3, -0.25) is 0 Å². The summed E-state index contributed by atoms with van der Waals surface area (Å²) in [7, 11) is -1.03. The van der Waals surface area contributed by atoms with E-state index in [0.717, 1.165) is 16.8 Å². The van der Waals surface area contributed by atoms with Crippen molar-refractivity contribution in [3.05, 3.63) is 10.8 Å². The summed E-state index contributed by atoms with van der Waals surface area (Å²) in [4.78, 5) is 10.3. The van der Waals surface area contributed by atoms with Crippen LogP contribution >= 0.6 is 15.9 Å². The zero-order valence-corrected chi connectivity index (χ0v) is 13.3. The Morgan fingerprint density at radius 3 is 2.84 bits per heavy atom. The highest BCUT2D eigenvalue weighted by molar-refractivity contribution is 9.10. The second-order valence-electron chi connectivity index (χ2n) is 4.56. The fraction of sp³-hybridized carbons (Fsp3) is 0.636. The normalized spacial score (nSPS) is 21.3. The number of nitrogens with zero attached hydrogens (tertiary/aromatic N) is 3. The largest absolute Gasteiger partial charge is 0.369 e. The van der Waals surface area contributed by atoms with Gasteiger partial charge in [-0.25, -0.2) is 18.4 Å². The Kier molecular flexibility index (Phi) is 4.29. The molecule has 1 aliphatic heterocycles. The van der Waals surface area contributed by atoms with Gasteiger partial charge in [-0.05, 0) is 29.3 Å². The summed E-state index contributed by atoms with van der Waals surface area (Å²) in [6, 6.07) is -0.0225. The molecule has 1 saturated heterocycles. The maximum Gasteiger partial charge on any atom is 0.152 e. The molecular weight excluding hydrogens is 332 g/mol. The third-order valence-electron chi connectivity index (χ3n) is 3.21. The summed E-state index contributed by atoms with van der Waals surface area (Å²) in [5, 5.41) is 3.14. The molecule has 2 heterocycles. The molecule has 1 aromatic rings. The molecule has 1 atom stereocenters. The maximum atomic E-state index is 11.5. The van der Waals surface area contributed by atoms with Gasteiger partial charge in [-0.15, -0.1) is 0 Å². The highest BCUT2D eigenvalue weighted by Gasteiger charge is 2.32. The maximum absolute atomic E-state index is 11.5. The molecule has 1 unspecified atom stereocenters. The number of hydrogen-bond acceptors (Lipinski definition) is 6. The molecule has 6 nitrogen and oxygen atoms in total. The highest BCUT2D eigenvalue weighted by atomic mass is 79.9. The molecule has 1 N–H and O–H groups in total. The van der Waals surface area contributed by atoms with Crippen molar-refractivity contribution >= 4 is 37.4 Å². The lowest BCUT2D eigenvalue weighted by Gasteiger charge is -2.25. The molecule has 19 heavy (non-hydrogen) atoms. The Balaban J connectivity index is 2.24. The third-order valence-corrected chi connectivity index (χ3v) is 5.69. The van der Waals surface area contributed by atoms with Gasteiger partial charge in [0.15, 0.2) is 9.84 Å². The van der Waals surface area contributed by atoms with E-state index >= 15 is 0 Å². The SMILES string of the molecule is CCNc1ncnc(N(C)C2CCS(=O)(=O)C2)c1Br. The van der Waals surface area contributed by atoms with Crippen LogP contribution in [0.25, 0.3) is 0 Å². The van der Waals surface area contributed by atoms with Crippen LogP contribution in [0, 0.1) is 0 Å². The average Bonchev–Trinajstić information content (AvgIpc) is 2.72. The lowest BCUT2D eigenvalue weighted by Crippen LogP contribution is -2.33. The minimum Gasteiger partial charge on any atom is -0.369 e. The molecule has 0 radical (unpaired) electrons. The predicted molar refractivity (Wildman–Crippen MR) is 79.4 cm³/mol. The van der Waals surface area contributed by atoms with Gasteiger partial charge in [0.25, 0.3) is 0 Å². The van der Waals surface area contributed by atoms with Crippen molar-refractivity contribution in [1.29, 1.82) is 0 Å². The summed E-state index contributed by atoms with van der Waals surface area (Å²) < 4.78 is 23.9. The first kappa shape index (κ1) is 14.5. The molecule has 0 spiro atoms. The van der Waals surface area contributed by atoms with E-state index in [1.54, 1.807) is 0 Å². The Morgan fingerprint density at radius 2 is 2.26 bits per heavy atom. The van der Waals surface area contributed by atoms with Crippen molar-refractivity contribution in [3.8, 4) is 0 Å². The van der Waals surface area contributed by atoms with Crippen molar-refractivity contribution in [2.75, 3.05) is 35.3 Å². The first-order valence-electron chi connectivity index (χ1n) is 6.12. The minimum atomic E-state index is -2.90. The monoisotopic (exact) mass is 348 g/mol. The van der Waals surface area contributed by atoms with Crippen molar-refractivity contribution in [3.63, 3.8) is 0 Å². The van der Waals surface area contributed by atoms with E-state index < -0.39 is 9.84 Å². The fourth-order valence-electron chi connectivity index (χ4n) is 2.15. The Hall–Kier alpha value is -0.890. The molecule has 0 saturated carbocycles. The van der Waals surface area contributed by atoms with Gasteiger partial charge < -0.3 is 10.2 Å². The van der Waals surface area contributed by atoms with Crippen LogP contribution in [0.1, 0.15) is 13.3 Å². The van der Waals surface area contributed by atoms with E-state index in [9.17, 15) is 8.42 Å². The van der Waals surface area contributed by atoms with E-state index in [1.807, 2.05) is 18.9 Å². The van der Waals surface area contributed by atoms with Gasteiger partial charge >= 0.3 is 0 Å². The van der Waals surface area contributed by atoms with E-state index in [0.29, 0.717) is 12.2 Å². The van der Waals surface area contributed by atoms with E-state index in [-0.39, 0.29) is 17.5 Å². The average molecular weight is 349 g/mol. The number of hydrogen-bond donors (Lipinski definition) is 1. The second-order valence-corrected chi connectivity index (χ2v) is 7.58. The number of anilines is 2. The molecule has 0 bridgehead atoms. The van der Waals surface area contributed by atoms with Crippen LogP contribution in [0.5, 0.6) is 0 Å². The van der Waals surface area contributed by atoms with Gasteiger partial charge in [0.2, 0.25) is 0 Å². The molecule has 106 valence electrons. The molecular formula is C11H17BrN4O2S. The van der Waals surface area contributed by atoms with Crippen LogP contribution in [-0.2, 0) is 9.84 Å². The Morgan fingerprint density at radius 1 is 1.53 bits per heavy atom. The number of halogens is 1. The molecule has 0 aliphatic carbocycles. The van der Waals surface area contributed by atoms with Crippen molar-refractivity contribution in [2.24, 2.45) is 0 Å². The van der Waals surface area contributed by atoms with Crippen LogP contribution < -0.4 is 10.2 Å². The van der Waals surface area contributed by atoms with Gasteiger partial charge in [-0.1, -0.05) is 0 Å². The Bertz CT molecular complexity index is 564. The van der Waals surface area contributed by atoms with Gasteiger partial charge in [0.05, 0.1) is 11.5 Å². The smallest absolute Gasteiger partial charge is 0.152 e. The number of sulfone groups is 1. The molecule has 8 heteroatoms. The molecule has 2 rings (SSSR count). The highest BCUT2D eigenvalue weighted by Crippen LogP contribution is 2.31. The second kappa shape index (κ2) is 5.62. The quantitative estimate of drug-likeness (QED) is 0.883. The van der Waals surface area contributed by atoms with Crippen LogP contribution in [0.15, 0.2) is 10.8 Å². The van der Waals surface area contributed by atoms with E-state index in [2.05, 4.69) is 31.2 Å². The number of nitrogens with one attached hydrogen (secondary N) is 1. The number of rotatable bonds is 4. The standard InChI is InChI=1S/C11H17BrN4O2S/c1-3-13-10-9(12)11(15-7-14-10)16(2)8-4-5-19(17,18)6-8/h7-8H,3-6H2,1-2H3,(H,13,14,15). The zero-order valence-electron chi connectivity index (χ0n) is 10.9. The third kappa shape index (κ3) is 3.17. The lowest BCUT2D eigenvalue weighted by atomic mass is 10.2. The van der Waals surface area contributed by atoms with Crippen LogP contribution in [0.4, 0.5) is 11.6 Å². The number of aromatic nitrogens is 2. The first-order chi connectivity index (χ1) is 8.94. The first-order valence-corrected chi connectivity index (χ1v) is 8.73. The summed E-state index contributed by atoms with van der Waals surface area (Å²) >= 11 is 3.48. The van der Waals surface area contributed by atoms with Crippen molar-refractivity contribution in [2.45, 2.75) is 19.4 Å². The predicted octanol–water partition coefficient (Wildman–Crippen LogP) is 1.29. The van der Waals surface area contributed by atoms with Gasteiger partial charge in [0, 0.05) is 19.6 Å². The van der Waals surface area contributed by atoms with Crippen LogP contribution in [0.2, 0.25) is 0 Å². The summed E-state index contributed by atoms with van der Waals surface area (Å²) in [6.45, 7) is 2.75. The molecule has 0 aromatic carbocycles. The molecule has 1 aromatic heterocycles.